The van der Waals surface area contributed by atoms with Crippen LogP contribution < -0.4 is 10.0 Å². The van der Waals surface area contributed by atoms with Crippen molar-refractivity contribution < 1.29 is 8.42 Å². The predicted octanol–water partition coefficient (Wildman–Crippen LogP) is 3.02. The van der Waals surface area contributed by atoms with E-state index in [2.05, 4.69) is 10.0 Å². The Morgan fingerprint density at radius 1 is 1.29 bits per heavy atom. The van der Waals surface area contributed by atoms with E-state index < -0.39 is 10.0 Å². The summed E-state index contributed by atoms with van der Waals surface area (Å²) in [6.07, 6.45) is 6.05. The van der Waals surface area contributed by atoms with Crippen LogP contribution in [0, 0.1) is 12.8 Å². The lowest BCUT2D eigenvalue weighted by molar-refractivity contribution is 0.357. The quantitative estimate of drug-likeness (QED) is 0.808. The Morgan fingerprint density at radius 3 is 2.67 bits per heavy atom. The molecular formula is C15H26N2O2S2. The second-order valence-electron chi connectivity index (χ2n) is 5.81. The van der Waals surface area contributed by atoms with Gasteiger partial charge in [0.1, 0.15) is 4.90 Å². The van der Waals surface area contributed by atoms with Gasteiger partial charge < -0.3 is 5.32 Å². The van der Waals surface area contributed by atoms with E-state index in [0.717, 1.165) is 29.8 Å². The molecule has 120 valence electrons. The van der Waals surface area contributed by atoms with Gasteiger partial charge >= 0.3 is 0 Å². The molecule has 1 aliphatic carbocycles. The summed E-state index contributed by atoms with van der Waals surface area (Å²) in [5.41, 5.74) is 0.851. The Labute approximate surface area is 132 Å². The maximum atomic E-state index is 12.6. The van der Waals surface area contributed by atoms with Crippen molar-refractivity contribution >= 4 is 21.4 Å². The lowest BCUT2D eigenvalue weighted by Crippen LogP contribution is -2.31. The summed E-state index contributed by atoms with van der Waals surface area (Å²) in [5.74, 6) is 0.504. The first kappa shape index (κ1) is 16.9. The third kappa shape index (κ3) is 4.52. The van der Waals surface area contributed by atoms with E-state index in [1.807, 2.05) is 19.2 Å². The summed E-state index contributed by atoms with van der Waals surface area (Å²) in [6, 6.07) is 0. The molecule has 1 aromatic heterocycles. The van der Waals surface area contributed by atoms with Gasteiger partial charge in [-0.05, 0) is 43.2 Å². The monoisotopic (exact) mass is 330 g/mol. The van der Waals surface area contributed by atoms with Crippen LogP contribution in [0.3, 0.4) is 0 Å². The molecule has 21 heavy (non-hydrogen) atoms. The van der Waals surface area contributed by atoms with Crippen molar-refractivity contribution in [3.8, 4) is 0 Å². The molecule has 0 saturated heterocycles. The molecule has 1 saturated carbocycles. The average Bonchev–Trinajstić information content (AvgIpc) is 2.86. The molecule has 4 nitrogen and oxygen atoms in total. The molecule has 2 rings (SSSR count). The zero-order chi connectivity index (χ0) is 15.3. The van der Waals surface area contributed by atoms with Crippen molar-refractivity contribution in [2.24, 2.45) is 5.92 Å². The van der Waals surface area contributed by atoms with Crippen LogP contribution in [0.25, 0.3) is 0 Å². The van der Waals surface area contributed by atoms with Crippen molar-refractivity contribution in [2.45, 2.75) is 57.4 Å². The number of thiophene rings is 1. The van der Waals surface area contributed by atoms with Crippen molar-refractivity contribution in [3.05, 3.63) is 15.8 Å². The second-order valence-corrected chi connectivity index (χ2v) is 8.48. The van der Waals surface area contributed by atoms with Gasteiger partial charge in [0.2, 0.25) is 10.0 Å². The van der Waals surface area contributed by atoms with Crippen LogP contribution in [-0.2, 0) is 16.6 Å². The van der Waals surface area contributed by atoms with Crippen LogP contribution in [0.4, 0.5) is 0 Å². The molecular weight excluding hydrogens is 304 g/mol. The number of hydrogen-bond donors (Lipinski definition) is 2. The van der Waals surface area contributed by atoms with Gasteiger partial charge in [-0.3, -0.25) is 0 Å². The van der Waals surface area contributed by atoms with E-state index in [1.165, 1.54) is 30.6 Å². The van der Waals surface area contributed by atoms with E-state index in [0.29, 0.717) is 23.9 Å². The summed E-state index contributed by atoms with van der Waals surface area (Å²) >= 11 is 1.52. The predicted molar refractivity (Wildman–Crippen MR) is 88.2 cm³/mol. The Morgan fingerprint density at radius 2 is 2.00 bits per heavy atom. The first-order valence-corrected chi connectivity index (χ1v) is 10.2. The van der Waals surface area contributed by atoms with Crippen molar-refractivity contribution in [1.29, 1.82) is 0 Å². The van der Waals surface area contributed by atoms with Gasteiger partial charge in [-0.1, -0.05) is 26.2 Å². The lowest BCUT2D eigenvalue weighted by Gasteiger charge is -2.21. The Balaban J connectivity index is 2.05. The fourth-order valence-electron chi connectivity index (χ4n) is 2.90. The van der Waals surface area contributed by atoms with E-state index in [9.17, 15) is 8.42 Å². The number of hydrogen-bond acceptors (Lipinski definition) is 4. The van der Waals surface area contributed by atoms with E-state index >= 15 is 0 Å². The minimum Gasteiger partial charge on any atom is -0.312 e. The fraction of sp³-hybridized carbons (Fsp3) is 0.733. The van der Waals surface area contributed by atoms with Crippen LogP contribution in [-0.4, -0.2) is 21.5 Å². The molecule has 0 spiro atoms. The minimum absolute atomic E-state index is 0.490. The van der Waals surface area contributed by atoms with E-state index in [1.54, 1.807) is 0 Å². The average molecular weight is 331 g/mol. The SMILES string of the molecule is CCNCc1scc(C)c1S(=O)(=O)NCC1CCCCC1. The largest absolute Gasteiger partial charge is 0.312 e. The van der Waals surface area contributed by atoms with E-state index in [4.69, 9.17) is 0 Å². The summed E-state index contributed by atoms with van der Waals surface area (Å²) in [7, 11) is -3.39. The topological polar surface area (TPSA) is 58.2 Å². The van der Waals surface area contributed by atoms with Crippen LogP contribution in [0.1, 0.15) is 49.5 Å². The first-order chi connectivity index (χ1) is 10.0. The third-order valence-electron chi connectivity index (χ3n) is 4.08. The molecule has 0 aliphatic heterocycles. The number of nitrogens with one attached hydrogen (secondary N) is 2. The molecule has 1 fully saturated rings. The molecule has 0 aromatic carbocycles. The van der Waals surface area contributed by atoms with Gasteiger partial charge in [-0.15, -0.1) is 11.3 Å². The highest BCUT2D eigenvalue weighted by atomic mass is 32.2. The van der Waals surface area contributed by atoms with Gasteiger partial charge in [-0.25, -0.2) is 13.1 Å². The zero-order valence-corrected chi connectivity index (χ0v) is 14.6. The fourth-order valence-corrected chi connectivity index (χ4v) is 5.79. The lowest BCUT2D eigenvalue weighted by atomic mass is 9.90. The molecule has 6 heteroatoms. The first-order valence-electron chi connectivity index (χ1n) is 7.82. The van der Waals surface area contributed by atoms with Crippen LogP contribution in [0.15, 0.2) is 10.3 Å². The van der Waals surface area contributed by atoms with Crippen LogP contribution in [0.2, 0.25) is 0 Å². The van der Waals surface area contributed by atoms with Gasteiger partial charge in [-0.2, -0.15) is 0 Å². The van der Waals surface area contributed by atoms with Gasteiger partial charge in [0, 0.05) is 18.0 Å². The maximum Gasteiger partial charge on any atom is 0.241 e. The van der Waals surface area contributed by atoms with Crippen molar-refractivity contribution in [1.82, 2.24) is 10.0 Å². The Bertz CT molecular complexity index is 546. The molecule has 1 heterocycles. The van der Waals surface area contributed by atoms with Gasteiger partial charge in [0.15, 0.2) is 0 Å². The highest BCUT2D eigenvalue weighted by Gasteiger charge is 2.24. The Kier molecular flexibility index (Phi) is 6.22. The van der Waals surface area contributed by atoms with Crippen LogP contribution in [0.5, 0.6) is 0 Å². The zero-order valence-electron chi connectivity index (χ0n) is 12.9. The molecule has 1 aliphatic rings. The van der Waals surface area contributed by atoms with Gasteiger partial charge in [0.25, 0.3) is 0 Å². The summed E-state index contributed by atoms with van der Waals surface area (Å²) in [6.45, 7) is 5.94. The highest BCUT2D eigenvalue weighted by Crippen LogP contribution is 2.28. The summed E-state index contributed by atoms with van der Waals surface area (Å²) < 4.78 is 28.1. The van der Waals surface area contributed by atoms with Crippen LogP contribution >= 0.6 is 11.3 Å². The summed E-state index contributed by atoms with van der Waals surface area (Å²) in [5, 5.41) is 5.15. The molecule has 2 N–H and O–H groups in total. The number of rotatable bonds is 7. The smallest absolute Gasteiger partial charge is 0.241 e. The molecule has 0 unspecified atom stereocenters. The van der Waals surface area contributed by atoms with Crippen molar-refractivity contribution in [2.75, 3.05) is 13.1 Å². The maximum absolute atomic E-state index is 12.6. The molecule has 0 bridgehead atoms. The Hall–Kier alpha value is -0.430. The summed E-state index contributed by atoms with van der Waals surface area (Å²) in [4.78, 5) is 1.40. The normalized spacial score (nSPS) is 17.2. The minimum atomic E-state index is -3.39. The molecule has 0 atom stereocenters. The standard InChI is InChI=1S/C15H26N2O2S2/c1-3-16-10-14-15(12(2)11-20-14)21(18,19)17-9-13-7-5-4-6-8-13/h11,13,16-17H,3-10H2,1-2H3. The molecule has 0 radical (unpaired) electrons. The van der Waals surface area contributed by atoms with Crippen molar-refractivity contribution in [3.63, 3.8) is 0 Å². The molecule has 1 aromatic rings. The molecule has 0 amide bonds. The van der Waals surface area contributed by atoms with Gasteiger partial charge in [0.05, 0.1) is 0 Å². The number of aryl methyl sites for hydroxylation is 1. The second kappa shape index (κ2) is 7.72. The van der Waals surface area contributed by atoms with E-state index in [-0.39, 0.29) is 0 Å². The third-order valence-corrected chi connectivity index (χ3v) is 6.97. The highest BCUT2D eigenvalue weighted by molar-refractivity contribution is 7.89. The number of sulfonamides is 1.